The minimum absolute atomic E-state index is 0.0597. The van der Waals surface area contributed by atoms with Crippen LogP contribution >= 0.6 is 11.6 Å². The second kappa shape index (κ2) is 6.53. The summed E-state index contributed by atoms with van der Waals surface area (Å²) in [5.41, 5.74) is 1.40. The third kappa shape index (κ3) is 3.81. The molecule has 0 radical (unpaired) electrons. The topological polar surface area (TPSA) is 20.3 Å². The van der Waals surface area contributed by atoms with Crippen LogP contribution in [0, 0.1) is 5.82 Å². The third-order valence-corrected chi connectivity index (χ3v) is 3.31. The molecule has 1 amide bonds. The van der Waals surface area contributed by atoms with E-state index in [-0.39, 0.29) is 24.7 Å². The fourth-order valence-corrected chi connectivity index (χ4v) is 2.01. The number of likely N-dealkylation sites (N-methyl/N-ethyl adjacent to an activating group) is 1. The molecule has 0 bridgehead atoms. The van der Waals surface area contributed by atoms with Crippen LogP contribution in [0.1, 0.15) is 11.1 Å². The van der Waals surface area contributed by atoms with E-state index in [1.54, 1.807) is 37.4 Å². The Bertz CT molecular complexity index is 598. The largest absolute Gasteiger partial charge is 0.341 e. The van der Waals surface area contributed by atoms with Crippen LogP contribution < -0.4 is 0 Å². The predicted molar refractivity (Wildman–Crippen MR) is 78.0 cm³/mol. The van der Waals surface area contributed by atoms with Crippen LogP contribution in [0.25, 0.3) is 0 Å². The normalized spacial score (nSPS) is 10.3. The van der Waals surface area contributed by atoms with Crippen molar-refractivity contribution in [2.45, 2.75) is 13.0 Å². The maximum Gasteiger partial charge on any atom is 0.227 e. The first-order chi connectivity index (χ1) is 9.56. The molecule has 0 atom stereocenters. The molecule has 2 rings (SSSR count). The number of hydrogen-bond acceptors (Lipinski definition) is 1. The van der Waals surface area contributed by atoms with E-state index in [2.05, 4.69) is 0 Å². The summed E-state index contributed by atoms with van der Waals surface area (Å²) >= 11 is 5.80. The van der Waals surface area contributed by atoms with Gasteiger partial charge in [0, 0.05) is 24.2 Å². The molecule has 0 aliphatic carbocycles. The number of benzene rings is 2. The molecule has 2 nitrogen and oxygen atoms in total. The van der Waals surface area contributed by atoms with Crippen LogP contribution in [-0.4, -0.2) is 17.9 Å². The average molecular weight is 292 g/mol. The number of carbonyl (C=O) groups excluding carboxylic acids is 1. The van der Waals surface area contributed by atoms with E-state index in [4.69, 9.17) is 11.6 Å². The van der Waals surface area contributed by atoms with Crippen LogP contribution in [0.5, 0.6) is 0 Å². The van der Waals surface area contributed by atoms with Crippen molar-refractivity contribution < 1.29 is 9.18 Å². The van der Waals surface area contributed by atoms with Gasteiger partial charge in [0.05, 0.1) is 6.42 Å². The molecule has 0 aliphatic rings. The molecule has 0 heterocycles. The summed E-state index contributed by atoms with van der Waals surface area (Å²) in [5.74, 6) is -0.353. The molecule has 0 spiro atoms. The third-order valence-electron chi connectivity index (χ3n) is 3.06. The quantitative estimate of drug-likeness (QED) is 0.841. The summed E-state index contributed by atoms with van der Waals surface area (Å²) in [6, 6.07) is 13.6. The summed E-state index contributed by atoms with van der Waals surface area (Å²) in [7, 11) is 1.67. The van der Waals surface area contributed by atoms with Gasteiger partial charge in [-0.15, -0.1) is 0 Å². The highest BCUT2D eigenvalue weighted by Gasteiger charge is 2.12. The molecule has 0 saturated carbocycles. The van der Waals surface area contributed by atoms with Gasteiger partial charge < -0.3 is 4.90 Å². The van der Waals surface area contributed by atoms with Crippen LogP contribution in [-0.2, 0) is 17.8 Å². The van der Waals surface area contributed by atoms with Crippen molar-refractivity contribution >= 4 is 17.5 Å². The maximum absolute atomic E-state index is 13.5. The van der Waals surface area contributed by atoms with E-state index in [1.807, 2.05) is 12.1 Å². The Labute approximate surface area is 122 Å². The van der Waals surface area contributed by atoms with Gasteiger partial charge >= 0.3 is 0 Å². The Morgan fingerprint density at radius 1 is 1.15 bits per heavy atom. The molecule has 20 heavy (non-hydrogen) atoms. The molecular formula is C16H15ClFNO. The Hall–Kier alpha value is -1.87. The van der Waals surface area contributed by atoms with E-state index < -0.39 is 0 Å². The van der Waals surface area contributed by atoms with Gasteiger partial charge in [-0.25, -0.2) is 4.39 Å². The van der Waals surface area contributed by atoms with Crippen LogP contribution in [0.15, 0.2) is 48.5 Å². The van der Waals surface area contributed by atoms with E-state index >= 15 is 0 Å². The van der Waals surface area contributed by atoms with Gasteiger partial charge in [0.15, 0.2) is 0 Å². The summed E-state index contributed by atoms with van der Waals surface area (Å²) in [4.78, 5) is 13.6. The Kier molecular flexibility index (Phi) is 4.74. The molecule has 0 aromatic heterocycles. The fraction of sp³-hybridized carbons (Fsp3) is 0.188. The van der Waals surface area contributed by atoms with E-state index in [9.17, 15) is 9.18 Å². The van der Waals surface area contributed by atoms with Crippen molar-refractivity contribution in [3.63, 3.8) is 0 Å². The lowest BCUT2D eigenvalue weighted by atomic mass is 10.1. The number of nitrogens with zero attached hydrogens (tertiary/aromatic N) is 1. The molecular weight excluding hydrogens is 277 g/mol. The van der Waals surface area contributed by atoms with Gasteiger partial charge in [-0.2, -0.15) is 0 Å². The molecule has 0 fully saturated rings. The Morgan fingerprint density at radius 2 is 1.80 bits per heavy atom. The second-order valence-electron chi connectivity index (χ2n) is 4.64. The molecule has 0 saturated heterocycles. The van der Waals surface area contributed by atoms with Crippen molar-refractivity contribution in [1.82, 2.24) is 4.90 Å². The molecule has 0 N–H and O–H groups in total. The van der Waals surface area contributed by atoms with Crippen molar-refractivity contribution in [2.24, 2.45) is 0 Å². The van der Waals surface area contributed by atoms with Gasteiger partial charge in [-0.05, 0) is 23.8 Å². The zero-order chi connectivity index (χ0) is 14.5. The highest BCUT2D eigenvalue weighted by molar-refractivity contribution is 6.30. The zero-order valence-corrected chi connectivity index (χ0v) is 11.9. The Balaban J connectivity index is 1.99. The fourth-order valence-electron chi connectivity index (χ4n) is 1.88. The molecule has 4 heteroatoms. The Morgan fingerprint density at radius 3 is 2.45 bits per heavy atom. The first-order valence-electron chi connectivity index (χ1n) is 6.28. The van der Waals surface area contributed by atoms with Gasteiger partial charge in [0.25, 0.3) is 0 Å². The molecule has 2 aromatic carbocycles. The average Bonchev–Trinajstić information content (AvgIpc) is 2.44. The van der Waals surface area contributed by atoms with Gasteiger partial charge in [-0.3, -0.25) is 4.79 Å². The van der Waals surface area contributed by atoms with Crippen molar-refractivity contribution in [3.8, 4) is 0 Å². The zero-order valence-electron chi connectivity index (χ0n) is 11.1. The monoisotopic (exact) mass is 291 g/mol. The number of hydrogen-bond donors (Lipinski definition) is 0. The first-order valence-corrected chi connectivity index (χ1v) is 6.66. The summed E-state index contributed by atoms with van der Waals surface area (Å²) in [6.07, 6.45) is 0.280. The minimum atomic E-state index is -0.293. The standard InChI is InChI=1S/C16H15ClFNO/c1-19(11-13-4-2-3-5-15(13)18)16(20)10-12-6-8-14(17)9-7-12/h2-9H,10-11H2,1H3. The lowest BCUT2D eigenvalue weighted by molar-refractivity contribution is -0.129. The minimum Gasteiger partial charge on any atom is -0.341 e. The van der Waals surface area contributed by atoms with Gasteiger partial charge in [-0.1, -0.05) is 41.9 Å². The van der Waals surface area contributed by atoms with Gasteiger partial charge in [0.1, 0.15) is 5.82 Å². The smallest absolute Gasteiger partial charge is 0.227 e. The molecule has 0 unspecified atom stereocenters. The van der Waals surface area contributed by atoms with Crippen molar-refractivity contribution in [3.05, 3.63) is 70.5 Å². The molecule has 104 valence electrons. The second-order valence-corrected chi connectivity index (χ2v) is 5.08. The van der Waals surface area contributed by atoms with Crippen molar-refractivity contribution in [2.75, 3.05) is 7.05 Å². The van der Waals surface area contributed by atoms with Crippen LogP contribution in [0.4, 0.5) is 4.39 Å². The highest BCUT2D eigenvalue weighted by Crippen LogP contribution is 2.12. The van der Waals surface area contributed by atoms with Crippen LogP contribution in [0.2, 0.25) is 5.02 Å². The molecule has 2 aromatic rings. The van der Waals surface area contributed by atoms with Crippen molar-refractivity contribution in [1.29, 1.82) is 0 Å². The number of halogens is 2. The van der Waals surface area contributed by atoms with Gasteiger partial charge in [0.2, 0.25) is 5.91 Å². The lowest BCUT2D eigenvalue weighted by Gasteiger charge is -2.17. The summed E-state index contributed by atoms with van der Waals surface area (Å²) < 4.78 is 13.5. The maximum atomic E-state index is 13.5. The molecule has 0 aliphatic heterocycles. The SMILES string of the molecule is CN(Cc1ccccc1F)C(=O)Cc1ccc(Cl)cc1. The van der Waals surface area contributed by atoms with E-state index in [0.717, 1.165) is 5.56 Å². The lowest BCUT2D eigenvalue weighted by Crippen LogP contribution is -2.28. The highest BCUT2D eigenvalue weighted by atomic mass is 35.5. The number of rotatable bonds is 4. The van der Waals surface area contributed by atoms with Crippen LogP contribution in [0.3, 0.4) is 0 Å². The predicted octanol–water partition coefficient (Wildman–Crippen LogP) is 3.68. The summed E-state index contributed by atoms with van der Waals surface area (Å²) in [6.45, 7) is 0.263. The summed E-state index contributed by atoms with van der Waals surface area (Å²) in [5, 5.41) is 0.640. The van der Waals surface area contributed by atoms with E-state index in [1.165, 1.54) is 11.0 Å². The number of amides is 1. The number of carbonyl (C=O) groups is 1. The first kappa shape index (κ1) is 14.5. The van der Waals surface area contributed by atoms with E-state index in [0.29, 0.717) is 10.6 Å².